The lowest BCUT2D eigenvalue weighted by atomic mass is 10.1. The molecule has 6 nitrogen and oxygen atoms in total. The van der Waals surface area contributed by atoms with Crippen molar-refractivity contribution in [2.24, 2.45) is 0 Å². The second-order valence-corrected chi connectivity index (χ2v) is 5.72. The molecule has 0 radical (unpaired) electrons. The first-order chi connectivity index (χ1) is 12.5. The fourth-order valence-corrected chi connectivity index (χ4v) is 2.42. The number of nitrogens with one attached hydrogen (secondary N) is 2. The van der Waals surface area contributed by atoms with Crippen molar-refractivity contribution in [3.8, 4) is 0 Å². The molecule has 0 atom stereocenters. The molecule has 0 spiro atoms. The molecule has 2 amide bonds. The zero-order valence-corrected chi connectivity index (χ0v) is 14.9. The molecule has 26 heavy (non-hydrogen) atoms. The van der Waals surface area contributed by atoms with E-state index in [2.05, 4.69) is 10.6 Å². The van der Waals surface area contributed by atoms with Gasteiger partial charge in [-0.05, 0) is 36.6 Å². The van der Waals surface area contributed by atoms with Crippen LogP contribution in [0.2, 0.25) is 0 Å². The largest absolute Gasteiger partial charge is 0.454 e. The van der Waals surface area contributed by atoms with Crippen molar-refractivity contribution in [2.75, 3.05) is 18.5 Å². The second-order valence-electron chi connectivity index (χ2n) is 5.72. The fraction of sp³-hybridized carbons (Fsp3) is 0.250. The molecule has 0 aliphatic heterocycles. The molecule has 0 aromatic heterocycles. The van der Waals surface area contributed by atoms with E-state index in [1.165, 1.54) is 0 Å². The molecule has 2 aromatic carbocycles. The van der Waals surface area contributed by atoms with Crippen LogP contribution >= 0.6 is 0 Å². The number of carbonyl (C=O) groups is 3. The number of rotatable bonds is 7. The second kappa shape index (κ2) is 9.36. The molecule has 2 aromatic rings. The van der Waals surface area contributed by atoms with Gasteiger partial charge in [0.15, 0.2) is 6.61 Å². The summed E-state index contributed by atoms with van der Waals surface area (Å²) in [5.74, 6) is -1.47. The van der Waals surface area contributed by atoms with Crippen LogP contribution in [0.3, 0.4) is 0 Å². The first-order valence-electron chi connectivity index (χ1n) is 8.38. The molecule has 6 heteroatoms. The van der Waals surface area contributed by atoms with Gasteiger partial charge < -0.3 is 15.4 Å². The average Bonchev–Trinajstić information content (AvgIpc) is 2.66. The van der Waals surface area contributed by atoms with Crippen LogP contribution in [0.25, 0.3) is 0 Å². The maximum atomic E-state index is 12.0. The first kappa shape index (κ1) is 19.2. The van der Waals surface area contributed by atoms with Gasteiger partial charge in [0.2, 0.25) is 0 Å². The maximum absolute atomic E-state index is 12.0. The molecular weight excluding hydrogens is 332 g/mol. The van der Waals surface area contributed by atoms with Crippen LogP contribution in [0, 0.1) is 6.92 Å². The number of carbonyl (C=O) groups excluding carboxylic acids is 3. The number of aryl methyl sites for hydroxylation is 2. The Morgan fingerprint density at radius 1 is 1.00 bits per heavy atom. The number of benzene rings is 2. The highest BCUT2D eigenvalue weighted by Gasteiger charge is 2.12. The quantitative estimate of drug-likeness (QED) is 0.748. The number of esters is 1. The van der Waals surface area contributed by atoms with E-state index in [-0.39, 0.29) is 12.5 Å². The van der Waals surface area contributed by atoms with E-state index in [1.807, 2.05) is 32.0 Å². The van der Waals surface area contributed by atoms with Crippen molar-refractivity contribution in [1.82, 2.24) is 5.32 Å². The summed E-state index contributed by atoms with van der Waals surface area (Å²) in [5.41, 5.74) is 3.15. The van der Waals surface area contributed by atoms with Gasteiger partial charge in [-0.1, -0.05) is 43.3 Å². The van der Waals surface area contributed by atoms with Crippen LogP contribution in [0.5, 0.6) is 0 Å². The molecule has 0 unspecified atom stereocenters. The van der Waals surface area contributed by atoms with Crippen molar-refractivity contribution in [1.29, 1.82) is 0 Å². The molecule has 0 aliphatic rings. The fourth-order valence-electron chi connectivity index (χ4n) is 2.42. The van der Waals surface area contributed by atoms with E-state index in [4.69, 9.17) is 4.74 Å². The molecular formula is C20H22N2O4. The Bertz CT molecular complexity index is 788. The molecule has 2 N–H and O–H groups in total. The Balaban J connectivity index is 1.79. The van der Waals surface area contributed by atoms with Gasteiger partial charge in [0, 0.05) is 11.3 Å². The normalized spacial score (nSPS) is 10.1. The van der Waals surface area contributed by atoms with E-state index in [1.54, 1.807) is 30.3 Å². The van der Waals surface area contributed by atoms with Crippen LogP contribution in [-0.4, -0.2) is 30.9 Å². The summed E-state index contributed by atoms with van der Waals surface area (Å²) in [4.78, 5) is 35.6. The van der Waals surface area contributed by atoms with Crippen LogP contribution in [-0.2, 0) is 20.7 Å². The van der Waals surface area contributed by atoms with E-state index >= 15 is 0 Å². The highest BCUT2D eigenvalue weighted by atomic mass is 16.5. The number of hydrogen-bond donors (Lipinski definition) is 2. The van der Waals surface area contributed by atoms with Gasteiger partial charge in [-0.15, -0.1) is 0 Å². The van der Waals surface area contributed by atoms with Gasteiger partial charge in [0.05, 0.1) is 0 Å². The monoisotopic (exact) mass is 354 g/mol. The molecule has 2 rings (SSSR count). The predicted octanol–water partition coefficient (Wildman–Crippen LogP) is 2.47. The van der Waals surface area contributed by atoms with Gasteiger partial charge >= 0.3 is 5.97 Å². The van der Waals surface area contributed by atoms with Gasteiger partial charge in [-0.25, -0.2) is 0 Å². The van der Waals surface area contributed by atoms with Crippen LogP contribution in [0.4, 0.5) is 5.69 Å². The zero-order valence-electron chi connectivity index (χ0n) is 14.9. The minimum Gasteiger partial charge on any atom is -0.454 e. The van der Waals surface area contributed by atoms with Crippen molar-refractivity contribution >= 4 is 23.5 Å². The Morgan fingerprint density at radius 3 is 2.42 bits per heavy atom. The van der Waals surface area contributed by atoms with Crippen LogP contribution in [0.15, 0.2) is 48.5 Å². The van der Waals surface area contributed by atoms with Gasteiger partial charge in [-0.3, -0.25) is 14.4 Å². The third-order valence-electron chi connectivity index (χ3n) is 3.80. The van der Waals surface area contributed by atoms with Crippen molar-refractivity contribution in [3.63, 3.8) is 0 Å². The first-order valence-corrected chi connectivity index (χ1v) is 8.38. The molecule has 136 valence electrons. The highest BCUT2D eigenvalue weighted by Crippen LogP contribution is 2.20. The average molecular weight is 354 g/mol. The molecule has 0 heterocycles. The Kier molecular flexibility index (Phi) is 6.91. The van der Waals surface area contributed by atoms with Gasteiger partial charge in [0.25, 0.3) is 11.8 Å². The lowest BCUT2D eigenvalue weighted by Gasteiger charge is -2.13. The lowest BCUT2D eigenvalue weighted by molar-refractivity contribution is -0.146. The molecule has 0 saturated heterocycles. The minimum absolute atomic E-state index is 0.300. The Labute approximate surface area is 152 Å². The zero-order chi connectivity index (χ0) is 18.9. The third-order valence-corrected chi connectivity index (χ3v) is 3.80. The van der Waals surface area contributed by atoms with Crippen LogP contribution in [0.1, 0.15) is 28.4 Å². The highest BCUT2D eigenvalue weighted by molar-refractivity contribution is 5.97. The summed E-state index contributed by atoms with van der Waals surface area (Å²) in [6, 6.07) is 14.3. The SMILES string of the molecule is CCc1cccc(C)c1NC(=O)COC(=O)CNC(=O)c1ccccc1. The smallest absolute Gasteiger partial charge is 0.325 e. The summed E-state index contributed by atoms with van der Waals surface area (Å²) < 4.78 is 4.91. The standard InChI is InChI=1S/C20H22N2O4/c1-3-15-11-7-8-14(2)19(15)22-17(23)13-26-18(24)12-21-20(25)16-9-5-4-6-10-16/h4-11H,3,12-13H2,1-2H3,(H,21,25)(H,22,23). The number of anilines is 1. The van der Waals surface area contributed by atoms with E-state index in [9.17, 15) is 14.4 Å². The summed E-state index contributed by atoms with van der Waals surface area (Å²) in [5, 5.41) is 5.23. The van der Waals surface area contributed by atoms with E-state index in [0.29, 0.717) is 5.56 Å². The van der Waals surface area contributed by atoms with Crippen LogP contribution < -0.4 is 10.6 Å². The predicted molar refractivity (Wildman–Crippen MR) is 98.9 cm³/mol. The topological polar surface area (TPSA) is 84.5 Å². The molecule has 0 saturated carbocycles. The third kappa shape index (κ3) is 5.44. The lowest BCUT2D eigenvalue weighted by Crippen LogP contribution is -2.32. The Hall–Kier alpha value is -3.15. The molecule has 0 fully saturated rings. The summed E-state index contributed by atoms with van der Waals surface area (Å²) >= 11 is 0. The number of amides is 2. The number of para-hydroxylation sites is 1. The van der Waals surface area contributed by atoms with E-state index < -0.39 is 18.5 Å². The summed E-state index contributed by atoms with van der Waals surface area (Å²) in [6.07, 6.45) is 0.780. The summed E-state index contributed by atoms with van der Waals surface area (Å²) in [7, 11) is 0. The molecule has 0 aliphatic carbocycles. The molecule has 0 bridgehead atoms. The van der Waals surface area contributed by atoms with Crippen molar-refractivity contribution < 1.29 is 19.1 Å². The van der Waals surface area contributed by atoms with Gasteiger partial charge in [-0.2, -0.15) is 0 Å². The van der Waals surface area contributed by atoms with Gasteiger partial charge in [0.1, 0.15) is 6.54 Å². The minimum atomic E-state index is -0.676. The van der Waals surface area contributed by atoms with E-state index in [0.717, 1.165) is 23.2 Å². The number of hydrogen-bond acceptors (Lipinski definition) is 4. The maximum Gasteiger partial charge on any atom is 0.325 e. The van der Waals surface area contributed by atoms with Crippen molar-refractivity contribution in [2.45, 2.75) is 20.3 Å². The van der Waals surface area contributed by atoms with Crippen molar-refractivity contribution in [3.05, 3.63) is 65.2 Å². The Morgan fingerprint density at radius 2 is 1.73 bits per heavy atom. The number of ether oxygens (including phenoxy) is 1. The summed E-state index contributed by atoms with van der Waals surface area (Å²) in [6.45, 7) is 3.20.